The number of hydrogen-bond donors (Lipinski definition) is 1. The van der Waals surface area contributed by atoms with E-state index >= 15 is 0 Å². The molecule has 3 aliphatic carbocycles. The van der Waals surface area contributed by atoms with Gasteiger partial charge in [-0.25, -0.2) is 0 Å². The van der Waals surface area contributed by atoms with E-state index in [0.29, 0.717) is 11.8 Å². The first-order chi connectivity index (χ1) is 6.79. The molecule has 1 aromatic carbocycles. The molecular weight excluding hydrogens is 172 g/mol. The third-order valence-electron chi connectivity index (χ3n) is 3.75. The maximum Gasteiger partial charge on any atom is 0.0822 e. The SMILES string of the molecule is C=C1[C@@H](O)[C@@H]2CC[C@@H]1c1ccccc12. The van der Waals surface area contributed by atoms with Gasteiger partial charge in [-0.05, 0) is 29.5 Å². The summed E-state index contributed by atoms with van der Waals surface area (Å²) < 4.78 is 0. The fourth-order valence-electron chi connectivity index (χ4n) is 3.00. The Labute approximate surface area is 84.1 Å². The lowest BCUT2D eigenvalue weighted by atomic mass is 9.63. The van der Waals surface area contributed by atoms with Gasteiger partial charge in [0.2, 0.25) is 0 Å². The predicted molar refractivity (Wildman–Crippen MR) is 56.3 cm³/mol. The van der Waals surface area contributed by atoms with Crippen LogP contribution in [0.1, 0.15) is 35.8 Å². The average molecular weight is 186 g/mol. The van der Waals surface area contributed by atoms with Gasteiger partial charge in [0.15, 0.2) is 0 Å². The van der Waals surface area contributed by atoms with Gasteiger partial charge in [-0.15, -0.1) is 0 Å². The lowest BCUT2D eigenvalue weighted by molar-refractivity contribution is 0.136. The molecule has 0 radical (unpaired) electrons. The highest BCUT2D eigenvalue weighted by atomic mass is 16.3. The smallest absolute Gasteiger partial charge is 0.0822 e. The number of fused-ring (bicyclic) bond motifs is 2. The van der Waals surface area contributed by atoms with Gasteiger partial charge in [-0.2, -0.15) is 0 Å². The van der Waals surface area contributed by atoms with Crippen LogP contribution in [0, 0.1) is 0 Å². The van der Waals surface area contributed by atoms with Crippen LogP contribution in [0.3, 0.4) is 0 Å². The molecular formula is C13H14O. The van der Waals surface area contributed by atoms with Gasteiger partial charge in [0.1, 0.15) is 0 Å². The van der Waals surface area contributed by atoms with E-state index in [-0.39, 0.29) is 6.10 Å². The maximum absolute atomic E-state index is 10.0. The minimum absolute atomic E-state index is 0.302. The van der Waals surface area contributed by atoms with E-state index in [4.69, 9.17) is 0 Å². The molecule has 4 rings (SSSR count). The number of hydrogen-bond acceptors (Lipinski definition) is 1. The van der Waals surface area contributed by atoms with Crippen molar-refractivity contribution >= 4 is 0 Å². The Kier molecular flexibility index (Phi) is 1.59. The summed E-state index contributed by atoms with van der Waals surface area (Å²) in [6, 6.07) is 8.49. The van der Waals surface area contributed by atoms with E-state index < -0.39 is 0 Å². The number of aliphatic hydroxyl groups excluding tert-OH is 1. The molecule has 0 aromatic heterocycles. The Morgan fingerprint density at radius 1 is 1.14 bits per heavy atom. The monoisotopic (exact) mass is 186 g/mol. The molecule has 0 saturated heterocycles. The Morgan fingerprint density at radius 3 is 2.64 bits per heavy atom. The first-order valence-corrected chi connectivity index (χ1v) is 5.24. The second-order valence-corrected chi connectivity index (χ2v) is 4.39. The third kappa shape index (κ3) is 0.881. The molecule has 0 amide bonds. The standard InChI is InChI=1S/C13H14O/c1-8-9-6-7-12(13(8)14)11-5-3-2-4-10(9)11/h2-5,9,12-14H,1,6-7H2/t9-,12+,13+/m0/s1. The molecule has 0 aliphatic heterocycles. The molecule has 1 heteroatoms. The van der Waals surface area contributed by atoms with Crippen molar-refractivity contribution in [3.8, 4) is 0 Å². The van der Waals surface area contributed by atoms with Crippen molar-refractivity contribution < 1.29 is 5.11 Å². The van der Waals surface area contributed by atoms with Gasteiger partial charge in [0.25, 0.3) is 0 Å². The zero-order valence-corrected chi connectivity index (χ0v) is 8.11. The van der Waals surface area contributed by atoms with Gasteiger partial charge in [0.05, 0.1) is 6.10 Å². The van der Waals surface area contributed by atoms with Gasteiger partial charge >= 0.3 is 0 Å². The summed E-state index contributed by atoms with van der Waals surface area (Å²) in [6.45, 7) is 4.03. The largest absolute Gasteiger partial charge is 0.388 e. The summed E-state index contributed by atoms with van der Waals surface area (Å²) in [5.74, 6) is 0.717. The molecule has 1 fully saturated rings. The molecule has 0 spiro atoms. The molecule has 2 bridgehead atoms. The molecule has 3 atom stereocenters. The van der Waals surface area contributed by atoms with E-state index in [1.807, 2.05) is 0 Å². The zero-order chi connectivity index (χ0) is 9.71. The minimum Gasteiger partial charge on any atom is -0.388 e. The number of rotatable bonds is 0. The highest BCUT2D eigenvalue weighted by Gasteiger charge is 2.40. The second kappa shape index (κ2) is 2.71. The van der Waals surface area contributed by atoms with Crippen molar-refractivity contribution in [3.63, 3.8) is 0 Å². The van der Waals surface area contributed by atoms with Crippen LogP contribution in [0.4, 0.5) is 0 Å². The van der Waals surface area contributed by atoms with Crippen LogP contribution in [0.2, 0.25) is 0 Å². The van der Waals surface area contributed by atoms with Crippen LogP contribution in [0.25, 0.3) is 0 Å². The highest BCUT2D eigenvalue weighted by molar-refractivity contribution is 5.47. The van der Waals surface area contributed by atoms with Gasteiger partial charge < -0.3 is 5.11 Å². The van der Waals surface area contributed by atoms with E-state index in [2.05, 4.69) is 30.8 Å². The van der Waals surface area contributed by atoms with E-state index in [1.165, 1.54) is 11.1 Å². The van der Waals surface area contributed by atoms with Crippen LogP contribution < -0.4 is 0 Å². The van der Waals surface area contributed by atoms with Crippen molar-refractivity contribution in [2.45, 2.75) is 30.8 Å². The molecule has 1 aromatic rings. The Balaban J connectivity index is 2.22. The summed E-state index contributed by atoms with van der Waals surface area (Å²) in [5, 5.41) is 10.0. The lowest BCUT2D eigenvalue weighted by Crippen LogP contribution is -2.35. The van der Waals surface area contributed by atoms with Crippen LogP contribution >= 0.6 is 0 Å². The van der Waals surface area contributed by atoms with E-state index in [9.17, 15) is 5.11 Å². The normalized spacial score (nSPS) is 34.4. The molecule has 0 unspecified atom stereocenters. The summed E-state index contributed by atoms with van der Waals surface area (Å²) in [5.41, 5.74) is 3.78. The van der Waals surface area contributed by atoms with Crippen molar-refractivity contribution in [1.29, 1.82) is 0 Å². The first-order valence-electron chi connectivity index (χ1n) is 5.24. The average Bonchev–Trinajstić information content (AvgIpc) is 2.24. The topological polar surface area (TPSA) is 20.2 Å². The van der Waals surface area contributed by atoms with Crippen molar-refractivity contribution in [1.82, 2.24) is 0 Å². The molecule has 0 heterocycles. The summed E-state index contributed by atoms with van der Waals surface area (Å²) in [7, 11) is 0. The maximum atomic E-state index is 10.0. The fourth-order valence-corrected chi connectivity index (χ4v) is 3.00. The third-order valence-corrected chi connectivity index (χ3v) is 3.75. The van der Waals surface area contributed by atoms with Gasteiger partial charge in [-0.3, -0.25) is 0 Å². The Bertz CT molecular complexity index is 394. The highest BCUT2D eigenvalue weighted by Crippen LogP contribution is 2.51. The zero-order valence-electron chi connectivity index (χ0n) is 8.11. The fraction of sp³-hybridized carbons (Fsp3) is 0.385. The molecule has 1 nitrogen and oxygen atoms in total. The minimum atomic E-state index is -0.302. The van der Waals surface area contributed by atoms with E-state index in [1.54, 1.807) is 0 Å². The van der Waals surface area contributed by atoms with Crippen molar-refractivity contribution in [2.75, 3.05) is 0 Å². The Morgan fingerprint density at radius 2 is 1.86 bits per heavy atom. The number of benzene rings is 1. The van der Waals surface area contributed by atoms with Crippen LogP contribution in [0.5, 0.6) is 0 Å². The van der Waals surface area contributed by atoms with Crippen LogP contribution in [0.15, 0.2) is 36.4 Å². The predicted octanol–water partition coefficient (Wildman–Crippen LogP) is 2.58. The van der Waals surface area contributed by atoms with Crippen molar-refractivity contribution in [3.05, 3.63) is 47.5 Å². The van der Waals surface area contributed by atoms with Gasteiger partial charge in [0, 0.05) is 11.8 Å². The summed E-state index contributed by atoms with van der Waals surface area (Å²) >= 11 is 0. The van der Waals surface area contributed by atoms with E-state index in [0.717, 1.165) is 18.4 Å². The summed E-state index contributed by atoms with van der Waals surface area (Å²) in [6.07, 6.45) is 1.98. The summed E-state index contributed by atoms with van der Waals surface area (Å²) in [4.78, 5) is 0. The lowest BCUT2D eigenvalue weighted by Gasteiger charge is -2.43. The molecule has 1 N–H and O–H groups in total. The quantitative estimate of drug-likeness (QED) is 0.617. The van der Waals surface area contributed by atoms with Crippen LogP contribution in [-0.2, 0) is 0 Å². The van der Waals surface area contributed by atoms with Crippen molar-refractivity contribution in [2.24, 2.45) is 0 Å². The first kappa shape index (κ1) is 8.25. The Hall–Kier alpha value is -1.08. The molecule has 14 heavy (non-hydrogen) atoms. The molecule has 3 aliphatic rings. The van der Waals surface area contributed by atoms with Crippen LogP contribution in [-0.4, -0.2) is 11.2 Å². The second-order valence-electron chi connectivity index (χ2n) is 4.39. The molecule has 72 valence electrons. The number of aliphatic hydroxyl groups is 1. The van der Waals surface area contributed by atoms with Gasteiger partial charge in [-0.1, -0.05) is 30.8 Å². The molecule has 1 saturated carbocycles.